The zero-order valence-corrected chi connectivity index (χ0v) is 9.60. The van der Waals surface area contributed by atoms with Gasteiger partial charge in [0.05, 0.1) is 32.5 Å². The molecule has 1 aromatic heterocycles. The molecule has 1 saturated heterocycles. The van der Waals surface area contributed by atoms with Crippen molar-refractivity contribution >= 4 is 17.1 Å². The second-order valence-corrected chi connectivity index (χ2v) is 4.10. The number of hydrogen-bond acceptors (Lipinski definition) is 3. The first-order valence-corrected chi connectivity index (χ1v) is 5.86. The number of nitrogens with zero attached hydrogens (tertiary/aromatic N) is 2. The summed E-state index contributed by atoms with van der Waals surface area (Å²) >= 11 is 0. The molecule has 2 heterocycles. The van der Waals surface area contributed by atoms with Crippen molar-refractivity contribution in [1.29, 1.82) is 0 Å². The fourth-order valence-electron chi connectivity index (χ4n) is 2.01. The lowest BCUT2D eigenvalue weighted by Gasteiger charge is -2.23. The van der Waals surface area contributed by atoms with Crippen LogP contribution in [0.2, 0.25) is 0 Å². The van der Waals surface area contributed by atoms with E-state index in [4.69, 9.17) is 4.74 Å². The van der Waals surface area contributed by atoms with E-state index in [1.807, 2.05) is 29.6 Å². The number of para-hydroxylation sites is 1. The standard InChI is InChI=1S/C13H15N3O/c1-2-4-13-12(3-1)11(9-14-13)10-15-16-5-7-17-8-6-16/h1-4,9-10,14H,5-8H2/b15-10-. The van der Waals surface area contributed by atoms with Crippen molar-refractivity contribution in [1.82, 2.24) is 9.99 Å². The number of H-pyrrole nitrogens is 1. The maximum absolute atomic E-state index is 5.29. The van der Waals surface area contributed by atoms with E-state index >= 15 is 0 Å². The molecule has 4 nitrogen and oxygen atoms in total. The Morgan fingerprint density at radius 2 is 2.06 bits per heavy atom. The molecule has 88 valence electrons. The number of benzene rings is 1. The van der Waals surface area contributed by atoms with E-state index in [1.54, 1.807) is 0 Å². The summed E-state index contributed by atoms with van der Waals surface area (Å²) in [6.45, 7) is 3.29. The molecule has 0 radical (unpaired) electrons. The average Bonchev–Trinajstić information content (AvgIpc) is 2.81. The van der Waals surface area contributed by atoms with Crippen LogP contribution in [0.4, 0.5) is 0 Å². The molecular weight excluding hydrogens is 214 g/mol. The smallest absolute Gasteiger partial charge is 0.0659 e. The van der Waals surface area contributed by atoms with Crippen molar-refractivity contribution in [2.24, 2.45) is 5.10 Å². The van der Waals surface area contributed by atoms with E-state index in [1.165, 1.54) is 5.39 Å². The molecule has 2 aromatic rings. The second-order valence-electron chi connectivity index (χ2n) is 4.10. The molecule has 0 unspecified atom stereocenters. The van der Waals surface area contributed by atoms with Crippen LogP contribution in [0.1, 0.15) is 5.56 Å². The van der Waals surface area contributed by atoms with E-state index < -0.39 is 0 Å². The van der Waals surface area contributed by atoms with Crippen LogP contribution < -0.4 is 0 Å². The minimum Gasteiger partial charge on any atom is -0.378 e. The van der Waals surface area contributed by atoms with Gasteiger partial charge in [-0.05, 0) is 6.07 Å². The molecule has 1 aromatic carbocycles. The number of morpholine rings is 1. The zero-order valence-electron chi connectivity index (χ0n) is 9.60. The number of ether oxygens (including phenoxy) is 1. The molecule has 1 aliphatic rings. The van der Waals surface area contributed by atoms with Crippen LogP contribution in [0.25, 0.3) is 10.9 Å². The first-order chi connectivity index (χ1) is 8.43. The highest BCUT2D eigenvalue weighted by Gasteiger charge is 2.07. The second kappa shape index (κ2) is 4.59. The van der Waals surface area contributed by atoms with Gasteiger partial charge in [-0.2, -0.15) is 5.10 Å². The van der Waals surface area contributed by atoms with Gasteiger partial charge < -0.3 is 9.72 Å². The summed E-state index contributed by atoms with van der Waals surface area (Å²) in [5.74, 6) is 0. The van der Waals surface area contributed by atoms with Gasteiger partial charge in [0.2, 0.25) is 0 Å². The van der Waals surface area contributed by atoms with Gasteiger partial charge in [0, 0.05) is 22.7 Å². The highest BCUT2D eigenvalue weighted by atomic mass is 16.5. The van der Waals surface area contributed by atoms with Crippen molar-refractivity contribution in [2.45, 2.75) is 0 Å². The summed E-state index contributed by atoms with van der Waals surface area (Å²) in [5.41, 5.74) is 2.28. The van der Waals surface area contributed by atoms with Crippen LogP contribution in [-0.4, -0.2) is 42.5 Å². The van der Waals surface area contributed by atoms with Gasteiger partial charge in [0.15, 0.2) is 0 Å². The summed E-state index contributed by atoms with van der Waals surface area (Å²) < 4.78 is 5.29. The topological polar surface area (TPSA) is 40.6 Å². The monoisotopic (exact) mass is 229 g/mol. The molecule has 1 aliphatic heterocycles. The molecule has 4 heteroatoms. The summed E-state index contributed by atoms with van der Waals surface area (Å²) in [4.78, 5) is 3.24. The van der Waals surface area contributed by atoms with Crippen LogP contribution in [0.15, 0.2) is 35.6 Å². The molecule has 0 spiro atoms. The number of rotatable bonds is 2. The van der Waals surface area contributed by atoms with Crippen molar-refractivity contribution in [3.05, 3.63) is 36.0 Å². The Labute approximate surface area is 99.9 Å². The summed E-state index contributed by atoms with van der Waals surface area (Å²) in [7, 11) is 0. The van der Waals surface area contributed by atoms with Gasteiger partial charge in [-0.15, -0.1) is 0 Å². The number of aromatic amines is 1. The molecule has 0 saturated carbocycles. The average molecular weight is 229 g/mol. The maximum atomic E-state index is 5.29. The first kappa shape index (κ1) is 10.4. The van der Waals surface area contributed by atoms with E-state index in [2.05, 4.69) is 22.2 Å². The van der Waals surface area contributed by atoms with E-state index in [9.17, 15) is 0 Å². The SMILES string of the molecule is C(=N/N1CCOCC1)/c1c[nH]c2ccccc12. The molecule has 1 N–H and O–H groups in total. The van der Waals surface area contributed by atoms with Crippen LogP contribution >= 0.6 is 0 Å². The minimum absolute atomic E-state index is 0.769. The minimum atomic E-state index is 0.769. The molecule has 17 heavy (non-hydrogen) atoms. The van der Waals surface area contributed by atoms with Crippen molar-refractivity contribution in [3.63, 3.8) is 0 Å². The third-order valence-electron chi connectivity index (χ3n) is 2.97. The van der Waals surface area contributed by atoms with Crippen molar-refractivity contribution in [3.8, 4) is 0 Å². The zero-order chi connectivity index (χ0) is 11.5. The Balaban J connectivity index is 1.82. The lowest BCUT2D eigenvalue weighted by Crippen LogP contribution is -2.32. The van der Waals surface area contributed by atoms with Crippen LogP contribution in [0, 0.1) is 0 Å². The number of aromatic nitrogens is 1. The molecule has 0 atom stereocenters. The van der Waals surface area contributed by atoms with Crippen LogP contribution in [0.5, 0.6) is 0 Å². The third-order valence-corrected chi connectivity index (χ3v) is 2.97. The Kier molecular flexibility index (Phi) is 2.80. The maximum Gasteiger partial charge on any atom is 0.0659 e. The van der Waals surface area contributed by atoms with Gasteiger partial charge in [-0.25, -0.2) is 0 Å². The van der Waals surface area contributed by atoms with E-state index in [0.29, 0.717) is 0 Å². The fourth-order valence-corrected chi connectivity index (χ4v) is 2.01. The van der Waals surface area contributed by atoms with Crippen LogP contribution in [0.3, 0.4) is 0 Å². The van der Waals surface area contributed by atoms with E-state index in [0.717, 1.165) is 37.4 Å². The molecule has 3 rings (SSSR count). The lowest BCUT2D eigenvalue weighted by atomic mass is 10.2. The summed E-state index contributed by atoms with van der Waals surface area (Å²) in [6, 6.07) is 8.25. The Morgan fingerprint density at radius 3 is 2.94 bits per heavy atom. The third kappa shape index (κ3) is 2.17. The van der Waals surface area contributed by atoms with Gasteiger partial charge in [-0.3, -0.25) is 5.01 Å². The summed E-state index contributed by atoms with van der Waals surface area (Å²) in [6.07, 6.45) is 3.92. The van der Waals surface area contributed by atoms with Crippen LogP contribution in [-0.2, 0) is 4.74 Å². The lowest BCUT2D eigenvalue weighted by molar-refractivity contribution is 0.0397. The molecule has 0 aliphatic carbocycles. The number of hydrazone groups is 1. The Bertz CT molecular complexity index is 526. The van der Waals surface area contributed by atoms with Gasteiger partial charge in [0.1, 0.15) is 0 Å². The highest BCUT2D eigenvalue weighted by Crippen LogP contribution is 2.15. The Hall–Kier alpha value is -1.81. The largest absolute Gasteiger partial charge is 0.378 e. The Morgan fingerprint density at radius 1 is 1.24 bits per heavy atom. The summed E-state index contributed by atoms with van der Waals surface area (Å²) in [5, 5.41) is 7.74. The van der Waals surface area contributed by atoms with Crippen molar-refractivity contribution in [2.75, 3.05) is 26.3 Å². The predicted octanol–water partition coefficient (Wildman–Crippen LogP) is 1.83. The fraction of sp³-hybridized carbons (Fsp3) is 0.308. The first-order valence-electron chi connectivity index (χ1n) is 5.86. The van der Waals surface area contributed by atoms with Gasteiger partial charge in [-0.1, -0.05) is 18.2 Å². The molecule has 0 bridgehead atoms. The van der Waals surface area contributed by atoms with Gasteiger partial charge >= 0.3 is 0 Å². The number of fused-ring (bicyclic) bond motifs is 1. The molecule has 0 amide bonds. The predicted molar refractivity (Wildman–Crippen MR) is 68.3 cm³/mol. The van der Waals surface area contributed by atoms with Crippen molar-refractivity contribution < 1.29 is 4.74 Å². The normalized spacial score (nSPS) is 17.1. The van der Waals surface area contributed by atoms with E-state index in [-0.39, 0.29) is 0 Å². The van der Waals surface area contributed by atoms with Gasteiger partial charge in [0.25, 0.3) is 0 Å². The number of hydrogen-bond donors (Lipinski definition) is 1. The molecular formula is C13H15N3O. The molecule has 1 fully saturated rings. The number of nitrogens with one attached hydrogen (secondary N) is 1. The quantitative estimate of drug-likeness (QED) is 0.798. The highest BCUT2D eigenvalue weighted by molar-refractivity contribution is 5.98.